The van der Waals surface area contributed by atoms with Crippen molar-refractivity contribution < 1.29 is 27.5 Å². The molecule has 1 aliphatic heterocycles. The SMILES string of the molecule is CCOC(=O)[C@H](Cc1ccc(NC(=O)c2c(Cl)cncc2Cl)cc1)N=C1C(Br)C(=O)C12CCS(=O)(=O)CC2. The number of rotatable bonds is 7. The number of benzene rings is 1. The molecule has 13 heteroatoms. The number of alkyl halides is 1. The molecule has 1 aromatic carbocycles. The maximum Gasteiger partial charge on any atom is 0.331 e. The average Bonchev–Trinajstić information content (AvgIpc) is 2.87. The van der Waals surface area contributed by atoms with Gasteiger partial charge in [-0.15, -0.1) is 0 Å². The van der Waals surface area contributed by atoms with Crippen LogP contribution in [0.3, 0.4) is 0 Å². The van der Waals surface area contributed by atoms with E-state index in [0.29, 0.717) is 11.4 Å². The molecule has 202 valence electrons. The number of carbonyl (C=O) groups excluding carboxylic acids is 3. The number of ketones is 1. The number of amides is 1. The van der Waals surface area contributed by atoms with Crippen molar-refractivity contribution in [3.8, 4) is 0 Å². The van der Waals surface area contributed by atoms with Crippen LogP contribution in [0.2, 0.25) is 10.0 Å². The number of esters is 1. The molecule has 0 radical (unpaired) electrons. The lowest BCUT2D eigenvalue weighted by molar-refractivity contribution is -0.144. The van der Waals surface area contributed by atoms with Gasteiger partial charge >= 0.3 is 5.97 Å². The molecule has 1 aliphatic carbocycles. The van der Waals surface area contributed by atoms with Crippen LogP contribution in [0.4, 0.5) is 5.69 Å². The number of Topliss-reactive ketones (excluding diaryl/α,β-unsaturated/α-hetero) is 1. The second-order valence-electron chi connectivity index (χ2n) is 9.08. The number of nitrogens with one attached hydrogen (secondary N) is 1. The molecule has 1 saturated carbocycles. The van der Waals surface area contributed by atoms with Crippen molar-refractivity contribution in [2.45, 2.75) is 37.1 Å². The van der Waals surface area contributed by atoms with E-state index in [9.17, 15) is 22.8 Å². The number of pyridine rings is 1. The third-order valence-corrected chi connectivity index (χ3v) is 9.76. The lowest BCUT2D eigenvalue weighted by Gasteiger charge is -2.47. The first-order valence-electron chi connectivity index (χ1n) is 11.8. The van der Waals surface area contributed by atoms with Crippen LogP contribution in [-0.4, -0.2) is 65.8 Å². The summed E-state index contributed by atoms with van der Waals surface area (Å²) in [5, 5.41) is 2.96. The van der Waals surface area contributed by atoms with Crippen LogP contribution in [0.5, 0.6) is 0 Å². The first-order valence-corrected chi connectivity index (χ1v) is 15.3. The number of hydrogen-bond donors (Lipinski definition) is 1. The Hall–Kier alpha value is -2.34. The Morgan fingerprint density at radius 2 is 1.79 bits per heavy atom. The number of aromatic nitrogens is 1. The van der Waals surface area contributed by atoms with Crippen molar-refractivity contribution in [1.82, 2.24) is 4.98 Å². The van der Waals surface area contributed by atoms with E-state index in [2.05, 4.69) is 31.2 Å². The minimum absolute atomic E-state index is 0.0926. The van der Waals surface area contributed by atoms with Crippen molar-refractivity contribution in [3.63, 3.8) is 0 Å². The monoisotopic (exact) mass is 643 g/mol. The van der Waals surface area contributed by atoms with Gasteiger partial charge < -0.3 is 10.1 Å². The number of hydrogen-bond acceptors (Lipinski definition) is 8. The summed E-state index contributed by atoms with van der Waals surface area (Å²) in [6.45, 7) is 1.85. The van der Waals surface area contributed by atoms with Crippen molar-refractivity contribution in [1.29, 1.82) is 0 Å². The van der Waals surface area contributed by atoms with Gasteiger partial charge in [-0.2, -0.15) is 0 Å². The standard InChI is InChI=1S/C25H24BrCl2N3O6S/c1-2-37-24(34)18(31-21-20(26)22(32)25(21)7-9-38(35,36)10-8-25)11-14-3-5-15(6-4-14)30-23(33)19-16(27)12-29-13-17(19)28/h3-6,12-13,18,20H,2,7-11H2,1H3,(H,30,33)/t18-,20?/m0/s1. The molecule has 1 saturated heterocycles. The molecule has 2 fully saturated rings. The van der Waals surface area contributed by atoms with Crippen LogP contribution >= 0.6 is 39.1 Å². The summed E-state index contributed by atoms with van der Waals surface area (Å²) >= 11 is 15.5. The van der Waals surface area contributed by atoms with E-state index in [0.717, 1.165) is 5.56 Å². The second-order valence-corrected chi connectivity index (χ2v) is 13.1. The summed E-state index contributed by atoms with van der Waals surface area (Å²) in [7, 11) is -3.19. The third kappa shape index (κ3) is 5.80. The number of ether oxygens (including phenoxy) is 1. The molecular weight excluding hydrogens is 621 g/mol. The first-order chi connectivity index (χ1) is 18.0. The smallest absolute Gasteiger partial charge is 0.331 e. The van der Waals surface area contributed by atoms with Gasteiger partial charge in [0.1, 0.15) is 14.7 Å². The maximum atomic E-state index is 12.8. The van der Waals surface area contributed by atoms with Crippen LogP contribution < -0.4 is 5.32 Å². The Morgan fingerprint density at radius 3 is 2.37 bits per heavy atom. The lowest BCUT2D eigenvalue weighted by atomic mass is 9.62. The van der Waals surface area contributed by atoms with Crippen LogP contribution in [-0.2, 0) is 30.6 Å². The molecule has 1 aromatic heterocycles. The zero-order valence-corrected chi connectivity index (χ0v) is 24.2. The van der Waals surface area contributed by atoms with Gasteiger partial charge in [-0.05, 0) is 37.5 Å². The molecule has 9 nitrogen and oxygen atoms in total. The highest BCUT2D eigenvalue weighted by atomic mass is 79.9. The van der Waals surface area contributed by atoms with Crippen LogP contribution in [0.1, 0.15) is 35.7 Å². The number of anilines is 1. The second kappa shape index (κ2) is 11.4. The average molecular weight is 645 g/mol. The summed E-state index contributed by atoms with van der Waals surface area (Å²) in [4.78, 5) is 46.0. The Kier molecular flexibility index (Phi) is 8.61. The fourth-order valence-electron chi connectivity index (χ4n) is 4.59. The molecule has 2 atom stereocenters. The highest BCUT2D eigenvalue weighted by molar-refractivity contribution is 9.10. The van der Waals surface area contributed by atoms with Gasteiger partial charge in [0.25, 0.3) is 5.91 Å². The molecule has 1 spiro atoms. The number of carbonyl (C=O) groups is 3. The van der Waals surface area contributed by atoms with Crippen molar-refractivity contribution in [2.75, 3.05) is 23.4 Å². The molecule has 1 amide bonds. The molecule has 2 heterocycles. The highest BCUT2D eigenvalue weighted by Gasteiger charge is 2.60. The van der Waals surface area contributed by atoms with Gasteiger partial charge in [0, 0.05) is 30.2 Å². The molecular formula is C25H24BrCl2N3O6S. The number of aliphatic imine (C=N–C) groups is 1. The quantitative estimate of drug-likeness (QED) is 0.355. The van der Waals surface area contributed by atoms with E-state index >= 15 is 0 Å². The molecule has 38 heavy (non-hydrogen) atoms. The molecule has 4 rings (SSSR count). The van der Waals surface area contributed by atoms with Crippen molar-refractivity contribution in [3.05, 3.63) is 57.8 Å². The first kappa shape index (κ1) is 28.7. The van der Waals surface area contributed by atoms with Gasteiger partial charge in [0.05, 0.1) is 39.1 Å². The predicted molar refractivity (Wildman–Crippen MR) is 148 cm³/mol. The van der Waals surface area contributed by atoms with Gasteiger partial charge in [0.2, 0.25) is 0 Å². The van der Waals surface area contributed by atoms with Crippen LogP contribution in [0.25, 0.3) is 0 Å². The van der Waals surface area contributed by atoms with E-state index in [1.54, 1.807) is 31.2 Å². The molecule has 2 aromatic rings. The predicted octanol–water partition coefficient (Wildman–Crippen LogP) is 4.10. The van der Waals surface area contributed by atoms with Crippen molar-refractivity contribution >= 4 is 78.0 Å². The van der Waals surface area contributed by atoms with Crippen LogP contribution in [0.15, 0.2) is 41.7 Å². The van der Waals surface area contributed by atoms with E-state index in [-0.39, 0.29) is 58.8 Å². The summed E-state index contributed by atoms with van der Waals surface area (Å²) in [5.41, 5.74) is 0.852. The van der Waals surface area contributed by atoms with Gasteiger partial charge in [0.15, 0.2) is 11.8 Å². The summed E-state index contributed by atoms with van der Waals surface area (Å²) < 4.78 is 29.2. The largest absolute Gasteiger partial charge is 0.464 e. The maximum absolute atomic E-state index is 12.8. The van der Waals surface area contributed by atoms with E-state index < -0.39 is 38.0 Å². The Bertz CT molecular complexity index is 1380. The Morgan fingerprint density at radius 1 is 1.18 bits per heavy atom. The number of halogens is 3. The molecule has 1 N–H and O–H groups in total. The minimum atomic E-state index is -3.19. The number of nitrogens with zero attached hydrogens (tertiary/aromatic N) is 2. The minimum Gasteiger partial charge on any atom is -0.464 e. The summed E-state index contributed by atoms with van der Waals surface area (Å²) in [6, 6.07) is 5.87. The number of sulfone groups is 1. The topological polar surface area (TPSA) is 132 Å². The summed E-state index contributed by atoms with van der Waals surface area (Å²) in [6.07, 6.45) is 3.15. The highest BCUT2D eigenvalue weighted by Crippen LogP contribution is 2.47. The van der Waals surface area contributed by atoms with E-state index in [1.165, 1.54) is 12.4 Å². The van der Waals surface area contributed by atoms with E-state index in [4.69, 9.17) is 27.9 Å². The molecule has 0 bridgehead atoms. The zero-order valence-electron chi connectivity index (χ0n) is 20.2. The van der Waals surface area contributed by atoms with Crippen molar-refractivity contribution in [2.24, 2.45) is 10.4 Å². The van der Waals surface area contributed by atoms with Gasteiger partial charge in [-0.1, -0.05) is 51.3 Å². The fraction of sp³-hybridized carbons (Fsp3) is 0.400. The fourth-order valence-corrected chi connectivity index (χ4v) is 7.65. The molecule has 2 aliphatic rings. The van der Waals surface area contributed by atoms with Crippen LogP contribution in [0, 0.1) is 5.41 Å². The lowest BCUT2D eigenvalue weighted by Crippen LogP contribution is -2.63. The van der Waals surface area contributed by atoms with Gasteiger partial charge in [-0.3, -0.25) is 19.6 Å². The van der Waals surface area contributed by atoms with Gasteiger partial charge in [-0.25, -0.2) is 13.2 Å². The third-order valence-electron chi connectivity index (χ3n) is 6.69. The zero-order chi connectivity index (χ0) is 27.7. The Balaban J connectivity index is 1.53. The van der Waals surface area contributed by atoms with E-state index in [1.807, 2.05) is 0 Å². The Labute approximate surface area is 238 Å². The molecule has 1 unspecified atom stereocenters. The normalized spacial score (nSPS) is 21.5. The summed E-state index contributed by atoms with van der Waals surface area (Å²) in [5.74, 6) is -1.33.